The number of thioether (sulfide) groups is 1. The summed E-state index contributed by atoms with van der Waals surface area (Å²) in [5.74, 6) is 0.455. The molecule has 0 aliphatic rings. The first-order chi connectivity index (χ1) is 10.1. The number of carbonyl (C=O) groups is 1. The van der Waals surface area contributed by atoms with Gasteiger partial charge in [0.25, 0.3) is 0 Å². The van der Waals surface area contributed by atoms with Gasteiger partial charge < -0.3 is 11.1 Å². The Morgan fingerprint density at radius 3 is 2.55 bits per heavy atom. The zero-order valence-corrected chi connectivity index (χ0v) is 15.4. The molecule has 0 fully saturated rings. The number of anilines is 1. The monoisotopic (exact) mass is 338 g/mol. The lowest BCUT2D eigenvalue weighted by Crippen LogP contribution is -2.44. The van der Waals surface area contributed by atoms with Crippen LogP contribution in [0.2, 0.25) is 0 Å². The van der Waals surface area contributed by atoms with Gasteiger partial charge in [0.05, 0.1) is 10.6 Å². The fourth-order valence-corrected chi connectivity index (χ4v) is 3.87. The molecule has 2 aromatic heterocycles. The lowest BCUT2D eigenvalue weighted by molar-refractivity contribution is -0.121. The van der Waals surface area contributed by atoms with E-state index >= 15 is 0 Å². The third-order valence-corrected chi connectivity index (χ3v) is 5.25. The van der Waals surface area contributed by atoms with E-state index in [-0.39, 0.29) is 16.7 Å². The minimum atomic E-state index is -0.279. The summed E-state index contributed by atoms with van der Waals surface area (Å²) in [7, 11) is 0. The molecule has 7 heteroatoms. The van der Waals surface area contributed by atoms with E-state index in [0.29, 0.717) is 11.0 Å². The van der Waals surface area contributed by atoms with Gasteiger partial charge in [-0.15, -0.1) is 11.3 Å². The van der Waals surface area contributed by atoms with Gasteiger partial charge in [-0.2, -0.15) is 0 Å². The first-order valence-corrected chi connectivity index (χ1v) is 8.80. The number of aromatic nitrogens is 2. The minimum Gasteiger partial charge on any atom is -0.383 e. The molecule has 0 aromatic carbocycles. The second-order valence-electron chi connectivity index (χ2n) is 6.35. The van der Waals surface area contributed by atoms with Crippen LogP contribution < -0.4 is 11.1 Å². The number of rotatable bonds is 3. The van der Waals surface area contributed by atoms with Crippen molar-refractivity contribution in [1.29, 1.82) is 0 Å². The van der Waals surface area contributed by atoms with E-state index in [0.717, 1.165) is 15.8 Å². The molecule has 0 saturated carbocycles. The Labute approximate surface area is 139 Å². The Balaban J connectivity index is 2.23. The standard InChI is InChI=1S/C15H22N4OS2/c1-7-8(2)21-13-10(7)11(16)17-14(18-13)22-9(3)12(20)19-15(4,5)6/h9H,1-6H3,(H,19,20)(H2,16,17,18). The molecule has 1 atom stereocenters. The van der Waals surface area contributed by atoms with Gasteiger partial charge in [0.1, 0.15) is 10.6 Å². The van der Waals surface area contributed by atoms with Gasteiger partial charge in [-0.05, 0) is 47.1 Å². The van der Waals surface area contributed by atoms with E-state index in [1.54, 1.807) is 11.3 Å². The summed E-state index contributed by atoms with van der Waals surface area (Å²) in [6.45, 7) is 11.8. The van der Waals surface area contributed by atoms with E-state index in [9.17, 15) is 4.79 Å². The molecular formula is C15H22N4OS2. The Kier molecular flexibility index (Phi) is 4.67. The molecule has 2 aromatic rings. The highest BCUT2D eigenvalue weighted by atomic mass is 32.2. The second kappa shape index (κ2) is 6.04. The molecule has 120 valence electrons. The number of hydrogen-bond acceptors (Lipinski definition) is 6. The molecule has 0 bridgehead atoms. The zero-order valence-electron chi connectivity index (χ0n) is 13.8. The number of amides is 1. The van der Waals surface area contributed by atoms with Crippen molar-refractivity contribution in [2.75, 3.05) is 5.73 Å². The van der Waals surface area contributed by atoms with Crippen LogP contribution in [0, 0.1) is 13.8 Å². The minimum absolute atomic E-state index is 0.0293. The third-order valence-electron chi connectivity index (χ3n) is 3.19. The molecule has 5 nitrogen and oxygen atoms in total. The van der Waals surface area contributed by atoms with Crippen molar-refractivity contribution in [1.82, 2.24) is 15.3 Å². The predicted molar refractivity (Wildman–Crippen MR) is 94.5 cm³/mol. The Morgan fingerprint density at radius 2 is 1.95 bits per heavy atom. The normalized spacial score (nSPS) is 13.4. The van der Waals surface area contributed by atoms with E-state index in [1.165, 1.54) is 16.6 Å². The van der Waals surface area contributed by atoms with Crippen LogP contribution in [0.3, 0.4) is 0 Å². The molecule has 0 aliphatic heterocycles. The van der Waals surface area contributed by atoms with Gasteiger partial charge in [-0.3, -0.25) is 4.79 Å². The Hall–Kier alpha value is -1.34. The fourth-order valence-electron chi connectivity index (χ4n) is 2.00. The Morgan fingerprint density at radius 1 is 1.32 bits per heavy atom. The average molecular weight is 339 g/mol. The fraction of sp³-hybridized carbons (Fsp3) is 0.533. The van der Waals surface area contributed by atoms with Crippen LogP contribution in [-0.4, -0.2) is 26.7 Å². The maximum absolute atomic E-state index is 12.2. The summed E-state index contributed by atoms with van der Waals surface area (Å²) in [5, 5.41) is 4.15. The number of nitrogens with one attached hydrogen (secondary N) is 1. The van der Waals surface area contributed by atoms with Crippen molar-refractivity contribution in [3.63, 3.8) is 0 Å². The molecule has 0 aliphatic carbocycles. The zero-order chi connectivity index (χ0) is 16.7. The predicted octanol–water partition coefficient (Wildman–Crippen LogP) is 3.29. The van der Waals surface area contributed by atoms with Crippen molar-refractivity contribution in [3.8, 4) is 0 Å². The first-order valence-electron chi connectivity index (χ1n) is 7.10. The van der Waals surface area contributed by atoms with E-state index in [4.69, 9.17) is 5.73 Å². The molecule has 0 spiro atoms. The molecule has 2 rings (SSSR count). The number of nitrogens with two attached hydrogens (primary N) is 1. The van der Waals surface area contributed by atoms with Crippen LogP contribution in [0.4, 0.5) is 5.82 Å². The van der Waals surface area contributed by atoms with Gasteiger partial charge >= 0.3 is 0 Å². The molecule has 2 heterocycles. The topological polar surface area (TPSA) is 80.9 Å². The molecule has 3 N–H and O–H groups in total. The summed E-state index contributed by atoms with van der Waals surface area (Å²) >= 11 is 2.94. The van der Waals surface area contributed by atoms with Crippen LogP contribution in [0.25, 0.3) is 10.2 Å². The van der Waals surface area contributed by atoms with Crippen molar-refractivity contribution in [2.24, 2.45) is 0 Å². The van der Waals surface area contributed by atoms with E-state index < -0.39 is 0 Å². The third kappa shape index (κ3) is 3.70. The quantitative estimate of drug-likeness (QED) is 0.663. The van der Waals surface area contributed by atoms with Gasteiger partial charge in [0.2, 0.25) is 5.91 Å². The van der Waals surface area contributed by atoms with Crippen LogP contribution in [0.1, 0.15) is 38.1 Å². The smallest absolute Gasteiger partial charge is 0.233 e. The highest BCUT2D eigenvalue weighted by Gasteiger charge is 2.22. The summed E-state index contributed by atoms with van der Waals surface area (Å²) < 4.78 is 0. The molecule has 1 unspecified atom stereocenters. The average Bonchev–Trinajstić information content (AvgIpc) is 2.63. The van der Waals surface area contributed by atoms with E-state index in [2.05, 4.69) is 15.3 Å². The highest BCUT2D eigenvalue weighted by Crippen LogP contribution is 2.34. The van der Waals surface area contributed by atoms with Gasteiger partial charge in [0, 0.05) is 10.4 Å². The van der Waals surface area contributed by atoms with Crippen molar-refractivity contribution < 1.29 is 4.79 Å². The lowest BCUT2D eigenvalue weighted by atomic mass is 10.1. The SMILES string of the molecule is Cc1sc2nc(SC(C)C(=O)NC(C)(C)C)nc(N)c2c1C. The summed E-state index contributed by atoms with van der Waals surface area (Å²) in [4.78, 5) is 23.1. The lowest BCUT2D eigenvalue weighted by Gasteiger charge is -2.22. The summed E-state index contributed by atoms with van der Waals surface area (Å²) in [6.07, 6.45) is 0. The van der Waals surface area contributed by atoms with E-state index in [1.807, 2.05) is 41.5 Å². The second-order valence-corrected chi connectivity index (χ2v) is 8.87. The van der Waals surface area contributed by atoms with Crippen LogP contribution in [0.15, 0.2) is 5.16 Å². The number of aryl methyl sites for hydroxylation is 2. The summed E-state index contributed by atoms with van der Waals surface area (Å²) in [5.41, 5.74) is 6.95. The first kappa shape index (κ1) is 17.0. The maximum atomic E-state index is 12.2. The van der Waals surface area contributed by atoms with Crippen LogP contribution in [-0.2, 0) is 4.79 Å². The number of nitrogen functional groups attached to an aromatic ring is 1. The maximum Gasteiger partial charge on any atom is 0.233 e. The number of carbonyl (C=O) groups excluding carboxylic acids is 1. The van der Waals surface area contributed by atoms with Gasteiger partial charge in [-0.25, -0.2) is 9.97 Å². The van der Waals surface area contributed by atoms with Crippen molar-refractivity contribution in [3.05, 3.63) is 10.4 Å². The van der Waals surface area contributed by atoms with Gasteiger partial charge in [0.15, 0.2) is 5.16 Å². The molecule has 22 heavy (non-hydrogen) atoms. The van der Waals surface area contributed by atoms with Crippen LogP contribution >= 0.6 is 23.1 Å². The van der Waals surface area contributed by atoms with Gasteiger partial charge in [-0.1, -0.05) is 11.8 Å². The number of nitrogens with zero attached hydrogens (tertiary/aromatic N) is 2. The van der Waals surface area contributed by atoms with Crippen LogP contribution in [0.5, 0.6) is 0 Å². The Bertz CT molecular complexity index is 718. The van der Waals surface area contributed by atoms with Crippen molar-refractivity contribution >= 4 is 45.0 Å². The number of thiophene rings is 1. The molecule has 1 amide bonds. The largest absolute Gasteiger partial charge is 0.383 e. The molecular weight excluding hydrogens is 316 g/mol. The molecule has 0 saturated heterocycles. The summed E-state index contributed by atoms with van der Waals surface area (Å²) in [6, 6.07) is 0. The number of hydrogen-bond donors (Lipinski definition) is 2. The molecule has 0 radical (unpaired) electrons. The van der Waals surface area contributed by atoms with Crippen molar-refractivity contribution in [2.45, 2.75) is 57.5 Å². The number of fused-ring (bicyclic) bond motifs is 1. The highest BCUT2D eigenvalue weighted by molar-refractivity contribution is 8.00.